The van der Waals surface area contributed by atoms with Gasteiger partial charge < -0.3 is 20.7 Å². The van der Waals surface area contributed by atoms with Crippen LogP contribution < -0.4 is 11.1 Å². The Balaban J connectivity index is 1.80. The van der Waals surface area contributed by atoms with Gasteiger partial charge in [-0.3, -0.25) is 9.59 Å². The normalized spacial score (nSPS) is 15.2. The van der Waals surface area contributed by atoms with Gasteiger partial charge in [-0.05, 0) is 36.8 Å². The van der Waals surface area contributed by atoms with Crippen LogP contribution in [-0.4, -0.2) is 43.0 Å². The van der Waals surface area contributed by atoms with Crippen LogP contribution in [0.3, 0.4) is 0 Å². The fourth-order valence-corrected chi connectivity index (χ4v) is 3.54. The second-order valence-electron chi connectivity index (χ2n) is 7.93. The van der Waals surface area contributed by atoms with Gasteiger partial charge in [-0.1, -0.05) is 66.8 Å². The molecule has 2 aromatic carbocycles. The van der Waals surface area contributed by atoms with E-state index in [1.165, 1.54) is 12.1 Å². The molecule has 6 nitrogen and oxygen atoms in total. The maximum atomic E-state index is 14.7. The van der Waals surface area contributed by atoms with E-state index < -0.39 is 5.82 Å². The number of nitrogens with one attached hydrogen (secondary N) is 1. The fraction of sp³-hybridized carbons (Fsp3) is 0.172. The minimum absolute atomic E-state index is 0.241. The van der Waals surface area contributed by atoms with Gasteiger partial charge in [-0.2, -0.15) is 0 Å². The van der Waals surface area contributed by atoms with Crippen molar-refractivity contribution in [2.45, 2.75) is 6.92 Å². The molecular weight excluding hydrogens is 457 g/mol. The summed E-state index contributed by atoms with van der Waals surface area (Å²) in [6, 6.07) is 13.2. The van der Waals surface area contributed by atoms with Crippen LogP contribution in [0.4, 0.5) is 15.8 Å². The monoisotopic (exact) mass is 487 g/mol. The van der Waals surface area contributed by atoms with Crippen LogP contribution in [0.15, 0.2) is 103 Å². The predicted octanol–water partition coefficient (Wildman–Crippen LogP) is 4.90. The van der Waals surface area contributed by atoms with E-state index in [1.807, 2.05) is 19.1 Å². The van der Waals surface area contributed by atoms with Gasteiger partial charge >= 0.3 is 0 Å². The quantitative estimate of drug-likeness (QED) is 0.315. The summed E-state index contributed by atoms with van der Waals surface area (Å²) in [5.41, 5.74) is 8.07. The predicted molar refractivity (Wildman–Crippen MR) is 142 cm³/mol. The molecule has 0 saturated carbocycles. The van der Waals surface area contributed by atoms with E-state index in [0.29, 0.717) is 43.3 Å². The number of ether oxygens (including phenoxy) is 1. The molecule has 0 radical (unpaired) electrons. The number of hydrogen-bond donors (Lipinski definition) is 2. The number of rotatable bonds is 8. The maximum absolute atomic E-state index is 14.7. The highest BCUT2D eigenvalue weighted by Gasteiger charge is 2.23. The number of anilines is 2. The van der Waals surface area contributed by atoms with Gasteiger partial charge in [0.05, 0.1) is 30.2 Å². The topological polar surface area (TPSA) is 84.7 Å². The van der Waals surface area contributed by atoms with Crippen molar-refractivity contribution in [3.63, 3.8) is 0 Å². The van der Waals surface area contributed by atoms with E-state index in [9.17, 15) is 14.0 Å². The first-order valence-corrected chi connectivity index (χ1v) is 11.7. The van der Waals surface area contributed by atoms with Crippen molar-refractivity contribution in [2.75, 3.05) is 37.4 Å². The summed E-state index contributed by atoms with van der Waals surface area (Å²) >= 11 is 0. The number of allylic oxidation sites excluding steroid dienone is 8. The van der Waals surface area contributed by atoms with Crippen LogP contribution in [0.5, 0.6) is 0 Å². The number of benzene rings is 2. The van der Waals surface area contributed by atoms with Crippen LogP contribution in [0.1, 0.15) is 12.5 Å². The fourth-order valence-electron chi connectivity index (χ4n) is 3.54. The molecule has 7 heteroatoms. The van der Waals surface area contributed by atoms with Crippen LogP contribution in [-0.2, 0) is 14.3 Å². The number of nitrogens with two attached hydrogens (primary N) is 1. The Morgan fingerprint density at radius 2 is 1.72 bits per heavy atom. The summed E-state index contributed by atoms with van der Waals surface area (Å²) in [4.78, 5) is 27.1. The van der Waals surface area contributed by atoms with E-state index in [4.69, 9.17) is 10.5 Å². The van der Waals surface area contributed by atoms with Crippen molar-refractivity contribution in [1.29, 1.82) is 0 Å². The Bertz CT molecular complexity index is 1220. The van der Waals surface area contributed by atoms with Crippen molar-refractivity contribution >= 4 is 28.8 Å². The second kappa shape index (κ2) is 13.6. The molecule has 186 valence electrons. The lowest BCUT2D eigenvalue weighted by Gasteiger charge is -2.28. The number of amides is 2. The summed E-state index contributed by atoms with van der Waals surface area (Å²) in [5.74, 6) is -1.03. The molecule has 2 aromatic rings. The third kappa shape index (κ3) is 7.65. The first kappa shape index (κ1) is 26.4. The third-order valence-corrected chi connectivity index (χ3v) is 5.34. The first-order chi connectivity index (χ1) is 17.5. The third-order valence-electron chi connectivity index (χ3n) is 5.34. The van der Waals surface area contributed by atoms with E-state index in [1.54, 1.807) is 77.7 Å². The number of carbonyl (C=O) groups is 2. The highest BCUT2D eigenvalue weighted by atomic mass is 19.1. The van der Waals surface area contributed by atoms with Gasteiger partial charge in [0.15, 0.2) is 0 Å². The van der Waals surface area contributed by atoms with Crippen molar-refractivity contribution in [1.82, 2.24) is 4.90 Å². The molecule has 36 heavy (non-hydrogen) atoms. The van der Waals surface area contributed by atoms with Crippen LogP contribution >= 0.6 is 0 Å². The van der Waals surface area contributed by atoms with Crippen molar-refractivity contribution in [3.05, 3.63) is 114 Å². The van der Waals surface area contributed by atoms with E-state index in [-0.39, 0.29) is 23.0 Å². The number of carbonyl (C=O) groups excluding carboxylic acids is 2. The Hall–Kier alpha value is -4.23. The average molecular weight is 488 g/mol. The largest absolute Gasteiger partial charge is 0.397 e. The van der Waals surface area contributed by atoms with Gasteiger partial charge in [-0.25, -0.2) is 4.39 Å². The summed E-state index contributed by atoms with van der Waals surface area (Å²) in [5, 5.41) is 2.72. The molecule has 1 aliphatic rings. The Morgan fingerprint density at radius 1 is 1.00 bits per heavy atom. The molecule has 0 aliphatic carbocycles. The lowest BCUT2D eigenvalue weighted by atomic mass is 10.00. The van der Waals surface area contributed by atoms with Gasteiger partial charge in [0, 0.05) is 24.7 Å². The van der Waals surface area contributed by atoms with Crippen LogP contribution in [0.2, 0.25) is 0 Å². The van der Waals surface area contributed by atoms with Crippen LogP contribution in [0, 0.1) is 5.82 Å². The van der Waals surface area contributed by atoms with Gasteiger partial charge in [-0.15, -0.1) is 0 Å². The number of halogens is 1. The number of para-hydroxylation sites is 2. The summed E-state index contributed by atoms with van der Waals surface area (Å²) < 4.78 is 20.0. The van der Waals surface area contributed by atoms with E-state index in [2.05, 4.69) is 5.32 Å². The minimum atomic E-state index is -0.464. The smallest absolute Gasteiger partial charge is 0.254 e. The molecular formula is C29H30FN3O3. The maximum Gasteiger partial charge on any atom is 0.254 e. The van der Waals surface area contributed by atoms with Crippen LogP contribution in [0.25, 0.3) is 5.57 Å². The zero-order chi connectivity index (χ0) is 25.8. The minimum Gasteiger partial charge on any atom is -0.397 e. The molecule has 0 spiro atoms. The molecule has 1 aliphatic heterocycles. The molecule has 2 amide bonds. The lowest BCUT2D eigenvalue weighted by molar-refractivity contribution is -0.129. The molecule has 0 unspecified atom stereocenters. The highest BCUT2D eigenvalue weighted by Crippen LogP contribution is 2.23. The van der Waals surface area contributed by atoms with Gasteiger partial charge in [0.2, 0.25) is 5.91 Å². The highest BCUT2D eigenvalue weighted by molar-refractivity contribution is 6.20. The zero-order valence-electron chi connectivity index (χ0n) is 20.2. The number of nitrogen functional groups attached to an aromatic ring is 1. The number of morpholine rings is 1. The Kier molecular flexibility index (Phi) is 9.97. The van der Waals surface area contributed by atoms with Gasteiger partial charge in [0.1, 0.15) is 5.82 Å². The average Bonchev–Trinajstić information content (AvgIpc) is 2.89. The van der Waals surface area contributed by atoms with E-state index in [0.717, 1.165) is 0 Å². The lowest BCUT2D eigenvalue weighted by Crippen LogP contribution is -2.41. The zero-order valence-corrected chi connectivity index (χ0v) is 20.2. The second-order valence-corrected chi connectivity index (χ2v) is 7.93. The summed E-state index contributed by atoms with van der Waals surface area (Å²) in [6.45, 7) is 3.67. The van der Waals surface area contributed by atoms with Crippen molar-refractivity contribution in [2.24, 2.45) is 0 Å². The standard InChI is InChI=1S/C29H30FN3O3/c1-2-10-22(11-4-3-5-16-28(34)32-27-15-9-8-14-26(27)31)21-24(23-12-6-7-13-25(23)30)29(35)33-17-19-36-20-18-33/h2-16,21H,17-20,31H2,1H3,(H,32,34)/b4-3+,10-2-,16-5+,22-11+,24-21+. The first-order valence-electron chi connectivity index (χ1n) is 11.7. The molecule has 0 bridgehead atoms. The number of nitrogens with zero attached hydrogens (tertiary/aromatic N) is 1. The molecule has 3 rings (SSSR count). The molecule has 3 N–H and O–H groups in total. The molecule has 1 heterocycles. The van der Waals surface area contributed by atoms with Crippen molar-refractivity contribution < 1.29 is 18.7 Å². The number of hydrogen-bond acceptors (Lipinski definition) is 4. The van der Waals surface area contributed by atoms with Crippen molar-refractivity contribution in [3.8, 4) is 0 Å². The van der Waals surface area contributed by atoms with Gasteiger partial charge in [0.25, 0.3) is 5.91 Å². The molecule has 1 saturated heterocycles. The Labute approximate surface area is 210 Å². The molecule has 1 fully saturated rings. The molecule has 0 aromatic heterocycles. The Morgan fingerprint density at radius 3 is 2.44 bits per heavy atom. The summed E-state index contributed by atoms with van der Waals surface area (Å²) in [6.07, 6.45) is 13.5. The van der Waals surface area contributed by atoms with E-state index >= 15 is 0 Å². The SMILES string of the molecule is C\C=C/C(=C\C=C\C=C\C(=O)Nc1ccccc1N)/C=C(/C(=O)N1CCOCC1)c1ccccc1F. The molecule has 0 atom stereocenters. The summed E-state index contributed by atoms with van der Waals surface area (Å²) in [7, 11) is 0.